The molecule has 0 aromatic heterocycles. The van der Waals surface area contributed by atoms with Crippen molar-refractivity contribution in [3.05, 3.63) is 66.4 Å². The van der Waals surface area contributed by atoms with Crippen LogP contribution in [0.2, 0.25) is 5.02 Å². The van der Waals surface area contributed by atoms with Crippen molar-refractivity contribution in [3.63, 3.8) is 0 Å². The number of imide groups is 1. The SMILES string of the molecule is O=C1S/C(=C\c2cc(Br)c(O)c(Br)c2)C(=O)N1Cc1cccc(Cl)c1. The number of halogens is 3. The second-order valence-corrected chi connectivity index (χ2v) is 8.37. The number of hydrogen-bond donors (Lipinski definition) is 1. The van der Waals surface area contributed by atoms with E-state index in [-0.39, 0.29) is 23.4 Å². The molecule has 0 spiro atoms. The molecular weight excluding hydrogens is 494 g/mol. The van der Waals surface area contributed by atoms with Crippen molar-refractivity contribution in [1.29, 1.82) is 0 Å². The minimum absolute atomic E-state index is 0.0752. The van der Waals surface area contributed by atoms with Crippen molar-refractivity contribution in [2.45, 2.75) is 6.54 Å². The van der Waals surface area contributed by atoms with Crippen LogP contribution < -0.4 is 0 Å². The lowest BCUT2D eigenvalue weighted by Crippen LogP contribution is -2.27. The first-order valence-electron chi connectivity index (χ1n) is 7.03. The predicted octanol–water partition coefficient (Wildman–Crippen LogP) is 5.81. The van der Waals surface area contributed by atoms with Gasteiger partial charge in [-0.2, -0.15) is 0 Å². The molecule has 2 aromatic rings. The summed E-state index contributed by atoms with van der Waals surface area (Å²) in [4.78, 5) is 26.3. The van der Waals surface area contributed by atoms with Crippen molar-refractivity contribution in [2.24, 2.45) is 0 Å². The monoisotopic (exact) mass is 501 g/mol. The van der Waals surface area contributed by atoms with E-state index in [0.717, 1.165) is 17.3 Å². The molecule has 1 aliphatic rings. The minimum Gasteiger partial charge on any atom is -0.506 e. The van der Waals surface area contributed by atoms with Crippen molar-refractivity contribution in [1.82, 2.24) is 4.90 Å². The van der Waals surface area contributed by atoms with Gasteiger partial charge in [0.2, 0.25) is 0 Å². The lowest BCUT2D eigenvalue weighted by molar-refractivity contribution is -0.123. The number of nitrogens with zero attached hydrogens (tertiary/aromatic N) is 1. The van der Waals surface area contributed by atoms with E-state index in [9.17, 15) is 14.7 Å². The van der Waals surface area contributed by atoms with Crippen LogP contribution in [0.5, 0.6) is 5.75 Å². The Morgan fingerprint density at radius 2 is 1.84 bits per heavy atom. The summed E-state index contributed by atoms with van der Waals surface area (Å²) in [6, 6.07) is 10.4. The summed E-state index contributed by atoms with van der Waals surface area (Å²) in [6.07, 6.45) is 1.62. The van der Waals surface area contributed by atoms with Gasteiger partial charge in [-0.25, -0.2) is 0 Å². The quantitative estimate of drug-likeness (QED) is 0.538. The number of aromatic hydroxyl groups is 1. The molecule has 128 valence electrons. The van der Waals surface area contributed by atoms with Crippen LogP contribution >= 0.6 is 55.2 Å². The molecule has 1 fully saturated rings. The van der Waals surface area contributed by atoms with Crippen LogP contribution in [0.3, 0.4) is 0 Å². The lowest BCUT2D eigenvalue weighted by atomic mass is 10.2. The molecule has 8 heteroatoms. The Balaban J connectivity index is 1.86. The van der Waals surface area contributed by atoms with Crippen LogP contribution in [0.15, 0.2) is 50.2 Å². The third kappa shape index (κ3) is 4.11. The Bertz CT molecular complexity index is 894. The zero-order valence-electron chi connectivity index (χ0n) is 12.5. The summed E-state index contributed by atoms with van der Waals surface area (Å²) in [7, 11) is 0. The third-order valence-corrected chi connectivity index (χ3v) is 5.79. The average molecular weight is 504 g/mol. The van der Waals surface area contributed by atoms with Gasteiger partial charge in [0.25, 0.3) is 11.1 Å². The van der Waals surface area contributed by atoms with Gasteiger partial charge >= 0.3 is 0 Å². The smallest absolute Gasteiger partial charge is 0.293 e. The maximum Gasteiger partial charge on any atom is 0.293 e. The fraction of sp³-hybridized carbons (Fsp3) is 0.0588. The van der Waals surface area contributed by atoms with E-state index >= 15 is 0 Å². The van der Waals surface area contributed by atoms with Gasteiger partial charge in [0.05, 0.1) is 20.4 Å². The number of thioether (sulfide) groups is 1. The van der Waals surface area contributed by atoms with Gasteiger partial charge in [-0.1, -0.05) is 23.7 Å². The molecular formula is C17H10Br2ClNO3S. The number of carbonyl (C=O) groups is 2. The molecule has 2 aromatic carbocycles. The molecule has 0 atom stereocenters. The normalized spacial score (nSPS) is 16.1. The Kier molecular flexibility index (Phi) is 5.58. The fourth-order valence-electron chi connectivity index (χ4n) is 2.27. The number of hydrogen-bond acceptors (Lipinski definition) is 4. The molecule has 2 amide bonds. The molecule has 1 aliphatic heterocycles. The molecule has 25 heavy (non-hydrogen) atoms. The summed E-state index contributed by atoms with van der Waals surface area (Å²) < 4.78 is 0.984. The highest BCUT2D eigenvalue weighted by atomic mass is 79.9. The summed E-state index contributed by atoms with van der Waals surface area (Å²) >= 11 is 13.3. The highest BCUT2D eigenvalue weighted by Gasteiger charge is 2.35. The Hall–Kier alpha value is -1.28. The van der Waals surface area contributed by atoms with Crippen LogP contribution in [-0.2, 0) is 11.3 Å². The topological polar surface area (TPSA) is 57.6 Å². The van der Waals surface area contributed by atoms with E-state index < -0.39 is 0 Å². The van der Waals surface area contributed by atoms with E-state index in [1.807, 2.05) is 6.07 Å². The fourth-order valence-corrected chi connectivity index (χ4v) is 4.55. The van der Waals surface area contributed by atoms with Crippen LogP contribution in [-0.4, -0.2) is 21.2 Å². The number of phenolic OH excluding ortho intramolecular Hbond substituents is 1. The summed E-state index contributed by atoms with van der Waals surface area (Å²) in [5.74, 6) is -0.276. The van der Waals surface area contributed by atoms with Gasteiger partial charge in [0.1, 0.15) is 5.75 Å². The molecule has 0 unspecified atom stereocenters. The molecule has 0 radical (unpaired) electrons. The number of carbonyl (C=O) groups excluding carboxylic acids is 2. The molecule has 0 bridgehead atoms. The van der Waals surface area contributed by atoms with E-state index in [0.29, 0.717) is 24.4 Å². The average Bonchev–Trinajstić information content (AvgIpc) is 2.80. The second-order valence-electron chi connectivity index (χ2n) is 5.23. The highest BCUT2D eigenvalue weighted by molar-refractivity contribution is 9.11. The Morgan fingerprint density at radius 1 is 1.16 bits per heavy atom. The maximum atomic E-state index is 12.6. The third-order valence-electron chi connectivity index (χ3n) is 3.44. The van der Waals surface area contributed by atoms with Crippen molar-refractivity contribution in [3.8, 4) is 5.75 Å². The van der Waals surface area contributed by atoms with E-state index in [1.165, 1.54) is 4.90 Å². The van der Waals surface area contributed by atoms with Crippen LogP contribution in [0, 0.1) is 0 Å². The Labute approximate surface area is 170 Å². The summed E-state index contributed by atoms with van der Waals surface area (Å²) in [5, 5.41) is 9.98. The van der Waals surface area contributed by atoms with Crippen molar-refractivity contribution < 1.29 is 14.7 Å². The van der Waals surface area contributed by atoms with Crippen molar-refractivity contribution >= 4 is 72.4 Å². The zero-order valence-corrected chi connectivity index (χ0v) is 17.2. The van der Waals surface area contributed by atoms with Crippen molar-refractivity contribution in [2.75, 3.05) is 0 Å². The summed E-state index contributed by atoms with van der Waals surface area (Å²) in [5.41, 5.74) is 1.47. The van der Waals surface area contributed by atoms with Gasteiger partial charge in [0, 0.05) is 5.02 Å². The lowest BCUT2D eigenvalue weighted by Gasteiger charge is -2.12. The molecule has 1 N–H and O–H groups in total. The predicted molar refractivity (Wildman–Crippen MR) is 106 cm³/mol. The molecule has 0 saturated carbocycles. The minimum atomic E-state index is -0.352. The largest absolute Gasteiger partial charge is 0.506 e. The molecule has 0 aliphatic carbocycles. The number of amides is 2. The standard InChI is InChI=1S/C17H10Br2ClNO3S/c18-12-5-10(6-13(19)15(12)22)7-14-16(23)21(17(24)25-14)8-9-2-1-3-11(20)4-9/h1-7,22H,8H2/b14-7-. The van der Waals surface area contributed by atoms with Crippen LogP contribution in [0.25, 0.3) is 6.08 Å². The zero-order chi connectivity index (χ0) is 18.1. The first-order chi connectivity index (χ1) is 11.8. The van der Waals surface area contributed by atoms with Gasteiger partial charge in [-0.05, 0) is 85.1 Å². The molecule has 1 heterocycles. The Morgan fingerprint density at radius 3 is 2.48 bits per heavy atom. The second kappa shape index (κ2) is 7.53. The number of rotatable bonds is 3. The molecule has 4 nitrogen and oxygen atoms in total. The first kappa shape index (κ1) is 18.5. The van der Waals surface area contributed by atoms with Gasteiger partial charge < -0.3 is 5.11 Å². The van der Waals surface area contributed by atoms with Gasteiger partial charge in [0.15, 0.2) is 0 Å². The maximum absolute atomic E-state index is 12.6. The van der Waals surface area contributed by atoms with E-state index in [2.05, 4.69) is 31.9 Å². The number of benzene rings is 2. The van der Waals surface area contributed by atoms with Gasteiger partial charge in [-0.15, -0.1) is 0 Å². The van der Waals surface area contributed by atoms with Crippen LogP contribution in [0.4, 0.5) is 4.79 Å². The summed E-state index contributed by atoms with van der Waals surface area (Å²) in [6.45, 7) is 0.172. The highest BCUT2D eigenvalue weighted by Crippen LogP contribution is 2.37. The van der Waals surface area contributed by atoms with E-state index in [4.69, 9.17) is 11.6 Å². The molecule has 1 saturated heterocycles. The first-order valence-corrected chi connectivity index (χ1v) is 9.81. The van der Waals surface area contributed by atoms with Crippen LogP contribution in [0.1, 0.15) is 11.1 Å². The van der Waals surface area contributed by atoms with Gasteiger partial charge in [-0.3, -0.25) is 14.5 Å². The molecule has 3 rings (SSSR count). The van der Waals surface area contributed by atoms with E-state index in [1.54, 1.807) is 36.4 Å². The number of phenols is 1.